The van der Waals surface area contributed by atoms with Crippen LogP contribution in [0, 0.1) is 5.82 Å². The summed E-state index contributed by atoms with van der Waals surface area (Å²) < 4.78 is 23.5. The fourth-order valence-electron chi connectivity index (χ4n) is 4.03. The lowest BCUT2D eigenvalue weighted by Crippen LogP contribution is -2.50. The standard InChI is InChI=1S/C26H29FN4O4/c1-34-22-12-5-19(6-13-22)7-14-25(33)31-17-15-30(16-18-31)24(32)4-2-3-23-28-26(29-35-23)20-8-10-21(27)11-9-20/h5-6,8-13H,2-4,7,14-18H2,1H3. The van der Waals surface area contributed by atoms with E-state index < -0.39 is 0 Å². The van der Waals surface area contributed by atoms with E-state index in [4.69, 9.17) is 9.26 Å². The van der Waals surface area contributed by atoms with E-state index in [0.717, 1.165) is 11.3 Å². The second-order valence-corrected chi connectivity index (χ2v) is 8.48. The van der Waals surface area contributed by atoms with Gasteiger partial charge in [-0.2, -0.15) is 4.98 Å². The third kappa shape index (κ3) is 6.65. The van der Waals surface area contributed by atoms with Gasteiger partial charge in [-0.3, -0.25) is 9.59 Å². The minimum absolute atomic E-state index is 0.0635. The average Bonchev–Trinajstić information content (AvgIpc) is 3.37. The van der Waals surface area contributed by atoms with Crippen LogP contribution in [0.15, 0.2) is 53.1 Å². The van der Waals surface area contributed by atoms with Gasteiger partial charge in [0.1, 0.15) is 11.6 Å². The van der Waals surface area contributed by atoms with Crippen molar-refractivity contribution in [3.63, 3.8) is 0 Å². The molecule has 2 heterocycles. The van der Waals surface area contributed by atoms with Crippen molar-refractivity contribution in [2.75, 3.05) is 33.3 Å². The van der Waals surface area contributed by atoms with Crippen LogP contribution in [0.1, 0.15) is 30.7 Å². The number of carbonyl (C=O) groups excluding carboxylic acids is 2. The van der Waals surface area contributed by atoms with Crippen molar-refractivity contribution in [1.29, 1.82) is 0 Å². The van der Waals surface area contributed by atoms with Crippen LogP contribution < -0.4 is 4.74 Å². The summed E-state index contributed by atoms with van der Waals surface area (Å²) in [7, 11) is 1.63. The van der Waals surface area contributed by atoms with E-state index in [9.17, 15) is 14.0 Å². The largest absolute Gasteiger partial charge is 0.497 e. The number of rotatable bonds is 9. The highest BCUT2D eigenvalue weighted by atomic mass is 19.1. The molecule has 184 valence electrons. The van der Waals surface area contributed by atoms with E-state index in [-0.39, 0.29) is 17.6 Å². The monoisotopic (exact) mass is 480 g/mol. The van der Waals surface area contributed by atoms with Crippen LogP contribution in [-0.2, 0) is 22.4 Å². The number of hydrogen-bond donors (Lipinski definition) is 0. The third-order valence-electron chi connectivity index (χ3n) is 6.12. The summed E-state index contributed by atoms with van der Waals surface area (Å²) in [5.74, 6) is 1.50. The van der Waals surface area contributed by atoms with Crippen LogP contribution in [0.2, 0.25) is 0 Å². The molecule has 0 radical (unpaired) electrons. The lowest BCUT2D eigenvalue weighted by atomic mass is 10.1. The van der Waals surface area contributed by atoms with Gasteiger partial charge in [-0.15, -0.1) is 0 Å². The van der Waals surface area contributed by atoms with Gasteiger partial charge in [-0.1, -0.05) is 17.3 Å². The fourth-order valence-corrected chi connectivity index (χ4v) is 4.03. The molecule has 0 saturated carbocycles. The van der Waals surface area contributed by atoms with Gasteiger partial charge < -0.3 is 19.1 Å². The molecule has 0 unspecified atom stereocenters. The first-order valence-electron chi connectivity index (χ1n) is 11.8. The molecule has 0 spiro atoms. The van der Waals surface area contributed by atoms with Gasteiger partial charge in [0.25, 0.3) is 0 Å². The van der Waals surface area contributed by atoms with Crippen LogP contribution in [0.5, 0.6) is 5.75 Å². The molecule has 9 heteroatoms. The van der Waals surface area contributed by atoms with Gasteiger partial charge in [0.05, 0.1) is 7.11 Å². The van der Waals surface area contributed by atoms with Crippen molar-refractivity contribution in [3.8, 4) is 17.1 Å². The van der Waals surface area contributed by atoms with E-state index in [1.54, 1.807) is 19.2 Å². The number of halogens is 1. The molecule has 4 rings (SSSR count). The van der Waals surface area contributed by atoms with E-state index in [1.807, 2.05) is 34.1 Å². The number of aryl methyl sites for hydroxylation is 2. The molecule has 3 aromatic rings. The molecule has 8 nitrogen and oxygen atoms in total. The smallest absolute Gasteiger partial charge is 0.226 e. The highest BCUT2D eigenvalue weighted by Crippen LogP contribution is 2.17. The van der Waals surface area contributed by atoms with Gasteiger partial charge in [-0.25, -0.2) is 4.39 Å². The molecule has 2 amide bonds. The third-order valence-corrected chi connectivity index (χ3v) is 6.12. The summed E-state index contributed by atoms with van der Waals surface area (Å²) >= 11 is 0. The van der Waals surface area contributed by atoms with Gasteiger partial charge in [0.2, 0.25) is 23.5 Å². The van der Waals surface area contributed by atoms with Crippen LogP contribution in [0.4, 0.5) is 4.39 Å². The number of nitrogens with zero attached hydrogens (tertiary/aromatic N) is 4. The topological polar surface area (TPSA) is 88.8 Å². The number of aromatic nitrogens is 2. The number of carbonyl (C=O) groups is 2. The zero-order valence-corrected chi connectivity index (χ0v) is 19.8. The van der Waals surface area contributed by atoms with Crippen molar-refractivity contribution >= 4 is 11.8 Å². The molecule has 1 saturated heterocycles. The number of amides is 2. The van der Waals surface area contributed by atoms with Crippen molar-refractivity contribution < 1.29 is 23.2 Å². The van der Waals surface area contributed by atoms with E-state index in [1.165, 1.54) is 12.1 Å². The summed E-state index contributed by atoms with van der Waals surface area (Å²) in [5, 5.41) is 3.92. The number of piperazine rings is 1. The van der Waals surface area contributed by atoms with E-state index in [0.29, 0.717) is 75.6 Å². The summed E-state index contributed by atoms with van der Waals surface area (Å²) in [5.41, 5.74) is 1.77. The lowest BCUT2D eigenvalue weighted by molar-refractivity contribution is -0.139. The van der Waals surface area contributed by atoms with Crippen molar-refractivity contribution in [1.82, 2.24) is 19.9 Å². The molecule has 1 aliphatic rings. The molecule has 35 heavy (non-hydrogen) atoms. The van der Waals surface area contributed by atoms with Crippen LogP contribution in [-0.4, -0.2) is 65.0 Å². The van der Waals surface area contributed by atoms with Gasteiger partial charge >= 0.3 is 0 Å². The van der Waals surface area contributed by atoms with Crippen molar-refractivity contribution in [3.05, 3.63) is 65.8 Å². The Labute approximate surface area is 203 Å². The number of ether oxygens (including phenoxy) is 1. The molecule has 0 aliphatic carbocycles. The molecular formula is C26H29FN4O4. The normalized spacial score (nSPS) is 13.7. The van der Waals surface area contributed by atoms with Gasteiger partial charge in [-0.05, 0) is 54.8 Å². The molecule has 1 aliphatic heterocycles. The Bertz CT molecular complexity index is 1120. The molecule has 0 atom stereocenters. The Kier molecular flexibility index (Phi) is 8.07. The van der Waals surface area contributed by atoms with Crippen LogP contribution in [0.3, 0.4) is 0 Å². The highest BCUT2D eigenvalue weighted by Gasteiger charge is 2.23. The quantitative estimate of drug-likeness (QED) is 0.466. The Morgan fingerprint density at radius 3 is 2.17 bits per heavy atom. The number of hydrogen-bond acceptors (Lipinski definition) is 6. The minimum Gasteiger partial charge on any atom is -0.497 e. The molecule has 2 aromatic carbocycles. The zero-order chi connectivity index (χ0) is 24.6. The first kappa shape index (κ1) is 24.4. The predicted molar refractivity (Wildman–Crippen MR) is 127 cm³/mol. The van der Waals surface area contributed by atoms with Crippen LogP contribution in [0.25, 0.3) is 11.4 Å². The maximum atomic E-state index is 13.1. The summed E-state index contributed by atoms with van der Waals surface area (Å²) in [6.45, 7) is 2.19. The predicted octanol–water partition coefficient (Wildman–Crippen LogP) is 3.51. The molecule has 1 aromatic heterocycles. The first-order chi connectivity index (χ1) is 17.0. The van der Waals surface area contributed by atoms with Gasteiger partial charge in [0, 0.05) is 51.0 Å². The second kappa shape index (κ2) is 11.6. The maximum absolute atomic E-state index is 13.1. The van der Waals surface area contributed by atoms with Crippen molar-refractivity contribution in [2.24, 2.45) is 0 Å². The number of methoxy groups -OCH3 is 1. The Morgan fingerprint density at radius 1 is 0.914 bits per heavy atom. The van der Waals surface area contributed by atoms with Gasteiger partial charge in [0.15, 0.2) is 0 Å². The number of benzene rings is 2. The Hall–Kier alpha value is -3.75. The van der Waals surface area contributed by atoms with E-state index >= 15 is 0 Å². The highest BCUT2D eigenvalue weighted by molar-refractivity contribution is 5.78. The van der Waals surface area contributed by atoms with E-state index in [2.05, 4.69) is 10.1 Å². The summed E-state index contributed by atoms with van der Waals surface area (Å²) in [6.07, 6.45) is 2.58. The Balaban J connectivity index is 1.15. The first-order valence-corrected chi connectivity index (χ1v) is 11.8. The second-order valence-electron chi connectivity index (χ2n) is 8.48. The molecule has 1 fully saturated rings. The SMILES string of the molecule is COc1ccc(CCC(=O)N2CCN(C(=O)CCCc3nc(-c4ccc(F)cc4)no3)CC2)cc1. The molecule has 0 N–H and O–H groups in total. The maximum Gasteiger partial charge on any atom is 0.226 e. The zero-order valence-electron chi connectivity index (χ0n) is 19.8. The average molecular weight is 481 g/mol. The Morgan fingerprint density at radius 2 is 1.54 bits per heavy atom. The van der Waals surface area contributed by atoms with Crippen LogP contribution >= 0.6 is 0 Å². The summed E-state index contributed by atoms with van der Waals surface area (Å²) in [6, 6.07) is 13.6. The van der Waals surface area contributed by atoms with Crippen molar-refractivity contribution in [2.45, 2.75) is 32.1 Å². The minimum atomic E-state index is -0.324. The molecule has 0 bridgehead atoms. The fraction of sp³-hybridized carbons (Fsp3) is 0.385. The lowest BCUT2D eigenvalue weighted by Gasteiger charge is -2.35. The summed E-state index contributed by atoms with van der Waals surface area (Å²) in [4.78, 5) is 33.1. The molecular weight excluding hydrogens is 451 g/mol.